The largest absolute Gasteiger partial charge is 0.477 e. The Morgan fingerprint density at radius 2 is 1.83 bits per heavy atom. The van der Waals surface area contributed by atoms with Crippen LogP contribution in [0.1, 0.15) is 55.6 Å². The van der Waals surface area contributed by atoms with Crippen molar-refractivity contribution >= 4 is 11.8 Å². The maximum Gasteiger partial charge on any atom is 0.421 e. The Bertz CT molecular complexity index is 745. The summed E-state index contributed by atoms with van der Waals surface area (Å²) in [7, 11) is 1.45. The molecule has 0 aromatic carbocycles. The summed E-state index contributed by atoms with van der Waals surface area (Å²) < 4.78 is 50.8. The number of hydrogen-bond donors (Lipinski definition) is 2. The summed E-state index contributed by atoms with van der Waals surface area (Å²) >= 11 is 0. The molecule has 1 aromatic rings. The minimum Gasteiger partial charge on any atom is -0.477 e. The normalized spacial score (nSPS) is 15.5. The van der Waals surface area contributed by atoms with Crippen LogP contribution in [0.3, 0.4) is 0 Å². The van der Waals surface area contributed by atoms with Crippen molar-refractivity contribution in [2.24, 2.45) is 5.92 Å². The van der Waals surface area contributed by atoms with Gasteiger partial charge in [-0.2, -0.15) is 13.2 Å². The van der Waals surface area contributed by atoms with Crippen LogP contribution in [0.15, 0.2) is 12.1 Å². The minimum atomic E-state index is -4.67. The summed E-state index contributed by atoms with van der Waals surface area (Å²) in [5.74, 6) is -1.71. The number of carbonyl (C=O) groups is 2. The molecule has 0 saturated carbocycles. The average molecular weight is 431 g/mol. The van der Waals surface area contributed by atoms with Crippen molar-refractivity contribution in [3.05, 3.63) is 23.4 Å². The third-order valence-corrected chi connectivity index (χ3v) is 5.42. The van der Waals surface area contributed by atoms with Gasteiger partial charge >= 0.3 is 6.18 Å². The predicted octanol–water partition coefficient (Wildman–Crippen LogP) is 2.94. The zero-order valence-corrected chi connectivity index (χ0v) is 17.4. The molecule has 0 bridgehead atoms. The number of nitrogens with zero attached hydrogens (tertiary/aromatic N) is 1. The van der Waals surface area contributed by atoms with E-state index in [1.165, 1.54) is 7.05 Å². The molecule has 1 aromatic heterocycles. The molecule has 0 unspecified atom stereocenters. The number of carbonyl (C=O) groups excluding carboxylic acids is 2. The van der Waals surface area contributed by atoms with Crippen LogP contribution in [-0.2, 0) is 15.7 Å². The molecule has 0 radical (unpaired) electrons. The van der Waals surface area contributed by atoms with Crippen molar-refractivity contribution in [1.82, 2.24) is 15.6 Å². The lowest BCUT2D eigenvalue weighted by molar-refractivity contribution is -0.139. The van der Waals surface area contributed by atoms with Crippen molar-refractivity contribution in [3.8, 4) is 5.88 Å². The molecule has 10 heteroatoms. The summed E-state index contributed by atoms with van der Waals surface area (Å²) in [6.07, 6.45) is -2.69. The van der Waals surface area contributed by atoms with Crippen LogP contribution in [0, 0.1) is 5.92 Å². The maximum absolute atomic E-state index is 13.4. The molecule has 7 nitrogen and oxygen atoms in total. The van der Waals surface area contributed by atoms with Crippen LogP contribution in [0.5, 0.6) is 5.88 Å². The van der Waals surface area contributed by atoms with Crippen molar-refractivity contribution in [2.45, 2.75) is 51.2 Å². The molecule has 168 valence electrons. The lowest BCUT2D eigenvalue weighted by Gasteiger charge is -2.30. The highest BCUT2D eigenvalue weighted by Crippen LogP contribution is 2.35. The van der Waals surface area contributed by atoms with E-state index in [2.05, 4.69) is 15.6 Å². The Balaban J connectivity index is 2.27. The Hall–Kier alpha value is -2.36. The van der Waals surface area contributed by atoms with Crippen molar-refractivity contribution in [2.75, 3.05) is 26.9 Å². The molecule has 2 rings (SSSR count). The lowest BCUT2D eigenvalue weighted by atomic mass is 9.91. The Morgan fingerprint density at radius 1 is 1.20 bits per heavy atom. The zero-order valence-electron chi connectivity index (χ0n) is 17.4. The highest BCUT2D eigenvalue weighted by atomic mass is 19.4. The van der Waals surface area contributed by atoms with E-state index in [1.807, 2.05) is 0 Å². The Kier molecular flexibility index (Phi) is 8.05. The highest BCUT2D eigenvalue weighted by molar-refractivity contribution is 5.98. The third-order valence-electron chi connectivity index (χ3n) is 5.42. The van der Waals surface area contributed by atoms with Crippen molar-refractivity contribution < 1.29 is 32.2 Å². The monoisotopic (exact) mass is 431 g/mol. The molecule has 0 atom stereocenters. The third kappa shape index (κ3) is 5.62. The summed E-state index contributed by atoms with van der Waals surface area (Å²) in [4.78, 5) is 28.8. The average Bonchev–Trinajstić information content (AvgIpc) is 2.75. The Morgan fingerprint density at radius 3 is 2.37 bits per heavy atom. The number of nitrogens with one attached hydrogen (secondary N) is 2. The van der Waals surface area contributed by atoms with Gasteiger partial charge in [-0.25, -0.2) is 4.98 Å². The first-order chi connectivity index (χ1) is 14.2. The minimum absolute atomic E-state index is 0.0522. The fraction of sp³-hybridized carbons (Fsp3) is 0.650. The summed E-state index contributed by atoms with van der Waals surface area (Å²) in [6, 6.07) is 1.76. The number of amides is 2. The smallest absolute Gasteiger partial charge is 0.421 e. The van der Waals surface area contributed by atoms with Gasteiger partial charge in [-0.15, -0.1) is 0 Å². The van der Waals surface area contributed by atoms with Crippen LogP contribution in [0.25, 0.3) is 0 Å². The van der Waals surface area contributed by atoms with E-state index >= 15 is 0 Å². The lowest BCUT2D eigenvalue weighted by Crippen LogP contribution is -2.57. The summed E-state index contributed by atoms with van der Waals surface area (Å²) in [5.41, 5.74) is -2.48. The van der Waals surface area contributed by atoms with Crippen LogP contribution in [-0.4, -0.2) is 49.2 Å². The van der Waals surface area contributed by atoms with Gasteiger partial charge in [0.1, 0.15) is 16.8 Å². The number of ether oxygens (including phenoxy) is 2. The first-order valence-corrected chi connectivity index (χ1v) is 10.00. The molecule has 2 amide bonds. The van der Waals surface area contributed by atoms with Crippen molar-refractivity contribution in [1.29, 1.82) is 0 Å². The fourth-order valence-electron chi connectivity index (χ4n) is 3.33. The van der Waals surface area contributed by atoms with Gasteiger partial charge in [0.15, 0.2) is 0 Å². The molecule has 1 aliphatic rings. The number of halogens is 3. The molecular formula is C20H28F3N3O4. The second-order valence-corrected chi connectivity index (χ2v) is 7.24. The van der Waals surface area contributed by atoms with E-state index in [9.17, 15) is 22.8 Å². The molecule has 0 aliphatic carbocycles. The van der Waals surface area contributed by atoms with Gasteiger partial charge in [0, 0.05) is 20.3 Å². The Labute approximate surface area is 173 Å². The SMILES string of the molecule is CCC(CC)(NC(=O)c1ccc(C(F)(F)F)c(OCC2CCOCC2)n1)C(=O)NC. The van der Waals surface area contributed by atoms with Gasteiger partial charge in [-0.05, 0) is 43.7 Å². The fourth-order valence-corrected chi connectivity index (χ4v) is 3.33. The second-order valence-electron chi connectivity index (χ2n) is 7.24. The van der Waals surface area contributed by atoms with Gasteiger partial charge in [0.2, 0.25) is 11.8 Å². The number of aromatic nitrogens is 1. The van der Waals surface area contributed by atoms with Crippen LogP contribution >= 0.6 is 0 Å². The molecule has 1 aliphatic heterocycles. The van der Waals surface area contributed by atoms with Gasteiger partial charge < -0.3 is 20.1 Å². The topological polar surface area (TPSA) is 89.6 Å². The highest BCUT2D eigenvalue weighted by Gasteiger charge is 2.38. The van der Waals surface area contributed by atoms with Crippen molar-refractivity contribution in [3.63, 3.8) is 0 Å². The molecule has 30 heavy (non-hydrogen) atoms. The summed E-state index contributed by atoms with van der Waals surface area (Å²) in [6.45, 7) is 4.59. The van der Waals surface area contributed by atoms with Gasteiger partial charge in [0.25, 0.3) is 5.91 Å². The van der Waals surface area contributed by atoms with Crippen LogP contribution in [0.2, 0.25) is 0 Å². The molecule has 1 fully saturated rings. The number of hydrogen-bond acceptors (Lipinski definition) is 5. The summed E-state index contributed by atoms with van der Waals surface area (Å²) in [5, 5.41) is 5.12. The van der Waals surface area contributed by atoms with E-state index in [-0.39, 0.29) is 24.1 Å². The van der Waals surface area contributed by atoms with Gasteiger partial charge in [-0.1, -0.05) is 13.8 Å². The maximum atomic E-state index is 13.4. The van der Waals surface area contributed by atoms with E-state index < -0.39 is 29.1 Å². The number of likely N-dealkylation sites (N-methyl/N-ethyl adjacent to an activating group) is 1. The van der Waals surface area contributed by atoms with Gasteiger partial charge in [-0.3, -0.25) is 9.59 Å². The molecule has 2 N–H and O–H groups in total. The number of rotatable bonds is 8. The quantitative estimate of drug-likeness (QED) is 0.661. The molecule has 1 saturated heterocycles. The molecule has 2 heterocycles. The predicted molar refractivity (Wildman–Crippen MR) is 103 cm³/mol. The molecule has 0 spiro atoms. The first kappa shape index (κ1) is 23.9. The van der Waals surface area contributed by atoms with E-state index in [4.69, 9.17) is 9.47 Å². The van der Waals surface area contributed by atoms with Gasteiger partial charge in [0.05, 0.1) is 6.61 Å². The van der Waals surface area contributed by atoms with Crippen LogP contribution < -0.4 is 15.4 Å². The first-order valence-electron chi connectivity index (χ1n) is 10.00. The number of pyridine rings is 1. The standard InChI is InChI=1S/C20H28F3N3O4/c1-4-19(5-2,18(28)24-3)26-16(27)15-7-6-14(20(21,22)23)17(25-15)30-12-13-8-10-29-11-9-13/h6-7,13H,4-5,8-12H2,1-3H3,(H,24,28)(H,26,27). The van der Waals surface area contributed by atoms with E-state index in [0.717, 1.165) is 12.1 Å². The van der Waals surface area contributed by atoms with E-state index in [0.29, 0.717) is 38.9 Å². The van der Waals surface area contributed by atoms with E-state index in [1.54, 1.807) is 13.8 Å². The number of alkyl halides is 3. The second kappa shape index (κ2) is 10.1. The molecular weight excluding hydrogens is 403 g/mol. The zero-order chi connectivity index (χ0) is 22.4. The van der Waals surface area contributed by atoms with Crippen LogP contribution in [0.4, 0.5) is 13.2 Å².